The average molecular weight is 229 g/mol. The minimum Gasteiger partial charge on any atom is -0.468 e. The molecule has 1 rings (SSSR count). The van der Waals surface area contributed by atoms with E-state index in [4.69, 9.17) is 4.74 Å². The Balaban J connectivity index is 2.47. The number of ether oxygens (including phenoxy) is 2. The predicted molar refractivity (Wildman–Crippen MR) is 57.7 cm³/mol. The van der Waals surface area contributed by atoms with Gasteiger partial charge in [-0.05, 0) is 12.3 Å². The molecule has 1 amide bonds. The van der Waals surface area contributed by atoms with Crippen molar-refractivity contribution in [2.75, 3.05) is 26.9 Å². The van der Waals surface area contributed by atoms with Gasteiger partial charge >= 0.3 is 5.97 Å². The van der Waals surface area contributed by atoms with Crippen LogP contribution in [0.5, 0.6) is 0 Å². The molecular formula is C11H19NO4. The highest BCUT2D eigenvalue weighted by molar-refractivity contribution is 6.03. The topological polar surface area (TPSA) is 64.6 Å². The smallest absolute Gasteiger partial charge is 0.326 e. The Morgan fingerprint density at radius 1 is 1.44 bits per heavy atom. The van der Waals surface area contributed by atoms with Crippen LogP contribution in [0.2, 0.25) is 0 Å². The highest BCUT2D eigenvalue weighted by Crippen LogP contribution is 2.29. The molecular weight excluding hydrogens is 210 g/mol. The van der Waals surface area contributed by atoms with Gasteiger partial charge in [0, 0.05) is 6.54 Å². The van der Waals surface area contributed by atoms with E-state index in [2.05, 4.69) is 23.9 Å². The molecule has 5 heteroatoms. The third-order valence-electron chi connectivity index (χ3n) is 2.71. The van der Waals surface area contributed by atoms with Gasteiger partial charge in [0.15, 0.2) is 5.41 Å². The predicted octanol–water partition coefficient (Wildman–Crippen LogP) is 0.338. The van der Waals surface area contributed by atoms with Gasteiger partial charge in [-0.15, -0.1) is 0 Å². The summed E-state index contributed by atoms with van der Waals surface area (Å²) in [6.07, 6.45) is 0.893. The van der Waals surface area contributed by atoms with Crippen LogP contribution in [0.15, 0.2) is 0 Å². The van der Waals surface area contributed by atoms with Crippen molar-refractivity contribution in [3.8, 4) is 0 Å². The first-order valence-electron chi connectivity index (χ1n) is 5.47. The summed E-state index contributed by atoms with van der Waals surface area (Å²) >= 11 is 0. The van der Waals surface area contributed by atoms with Gasteiger partial charge in [0.1, 0.15) is 0 Å². The first-order chi connectivity index (χ1) is 7.53. The number of hydrogen-bond acceptors (Lipinski definition) is 4. The molecule has 1 aliphatic rings. The maximum absolute atomic E-state index is 11.8. The van der Waals surface area contributed by atoms with E-state index in [0.29, 0.717) is 12.5 Å². The largest absolute Gasteiger partial charge is 0.468 e. The summed E-state index contributed by atoms with van der Waals surface area (Å²) in [4.78, 5) is 23.3. The number of rotatable bonds is 5. The molecule has 0 unspecified atom stereocenters. The minimum absolute atomic E-state index is 0.118. The van der Waals surface area contributed by atoms with Crippen molar-refractivity contribution in [3.63, 3.8) is 0 Å². The van der Waals surface area contributed by atoms with Crippen molar-refractivity contribution in [3.05, 3.63) is 0 Å². The maximum Gasteiger partial charge on any atom is 0.326 e. The molecule has 0 aromatic heterocycles. The van der Waals surface area contributed by atoms with Crippen molar-refractivity contribution < 1.29 is 19.1 Å². The fourth-order valence-corrected chi connectivity index (χ4v) is 1.49. The summed E-state index contributed by atoms with van der Waals surface area (Å²) in [6.45, 7) is 4.97. The third-order valence-corrected chi connectivity index (χ3v) is 2.71. The summed E-state index contributed by atoms with van der Waals surface area (Å²) in [5.74, 6) is -0.279. The van der Waals surface area contributed by atoms with Crippen molar-refractivity contribution in [2.24, 2.45) is 11.3 Å². The Hall–Kier alpha value is -1.10. The van der Waals surface area contributed by atoms with E-state index in [1.165, 1.54) is 7.11 Å². The summed E-state index contributed by atoms with van der Waals surface area (Å²) < 4.78 is 9.57. The number of carbonyl (C=O) groups excluding carboxylic acids is 2. The van der Waals surface area contributed by atoms with Crippen molar-refractivity contribution >= 4 is 11.9 Å². The highest BCUT2D eigenvalue weighted by atomic mass is 16.5. The van der Waals surface area contributed by atoms with Gasteiger partial charge in [-0.2, -0.15) is 0 Å². The minimum atomic E-state index is -1.11. The van der Waals surface area contributed by atoms with E-state index >= 15 is 0 Å². The Labute approximate surface area is 95.5 Å². The second-order valence-corrected chi connectivity index (χ2v) is 4.50. The fraction of sp³-hybridized carbons (Fsp3) is 0.818. The Morgan fingerprint density at radius 3 is 2.44 bits per heavy atom. The molecule has 0 aromatic carbocycles. The van der Waals surface area contributed by atoms with Crippen LogP contribution in [0.25, 0.3) is 0 Å². The van der Waals surface area contributed by atoms with Crippen LogP contribution in [0, 0.1) is 11.3 Å². The van der Waals surface area contributed by atoms with Crippen molar-refractivity contribution in [1.29, 1.82) is 0 Å². The van der Waals surface area contributed by atoms with Crippen molar-refractivity contribution in [2.45, 2.75) is 20.3 Å². The van der Waals surface area contributed by atoms with Crippen LogP contribution < -0.4 is 5.32 Å². The van der Waals surface area contributed by atoms with E-state index in [9.17, 15) is 9.59 Å². The molecule has 0 saturated carbocycles. The molecule has 1 aliphatic heterocycles. The van der Waals surface area contributed by atoms with E-state index in [1.807, 2.05) is 0 Å². The molecule has 0 spiro atoms. The molecule has 16 heavy (non-hydrogen) atoms. The van der Waals surface area contributed by atoms with Crippen LogP contribution in [0.3, 0.4) is 0 Å². The molecule has 0 bridgehead atoms. The molecule has 5 nitrogen and oxygen atoms in total. The van der Waals surface area contributed by atoms with E-state index < -0.39 is 11.4 Å². The number of amides is 1. The molecule has 0 aliphatic carbocycles. The van der Waals surface area contributed by atoms with Gasteiger partial charge in [0.05, 0.1) is 20.3 Å². The quantitative estimate of drug-likeness (QED) is 0.545. The molecule has 0 atom stereocenters. The number of carbonyl (C=O) groups is 2. The molecule has 1 heterocycles. The number of methoxy groups -OCH3 is 1. The zero-order valence-corrected chi connectivity index (χ0v) is 10.0. The van der Waals surface area contributed by atoms with Crippen molar-refractivity contribution in [1.82, 2.24) is 5.32 Å². The standard InChI is InChI=1S/C11H19NO4/c1-8(2)4-5-12-9(13)11(6-16-7-11)10(14)15-3/h8H,4-7H2,1-3H3,(H,12,13). The summed E-state index contributed by atoms with van der Waals surface area (Å²) in [5.41, 5.74) is -1.11. The van der Waals surface area contributed by atoms with E-state index in [0.717, 1.165) is 6.42 Å². The van der Waals surface area contributed by atoms with Gasteiger partial charge in [-0.3, -0.25) is 9.59 Å². The lowest BCUT2D eigenvalue weighted by Crippen LogP contribution is -2.59. The molecule has 92 valence electrons. The van der Waals surface area contributed by atoms with Gasteiger partial charge in [-0.1, -0.05) is 13.8 Å². The van der Waals surface area contributed by atoms with Crippen LogP contribution in [0.4, 0.5) is 0 Å². The van der Waals surface area contributed by atoms with E-state index in [-0.39, 0.29) is 19.1 Å². The second-order valence-electron chi connectivity index (χ2n) is 4.50. The summed E-state index contributed by atoms with van der Waals surface area (Å²) in [6, 6.07) is 0. The van der Waals surface area contributed by atoms with Gasteiger partial charge in [0.25, 0.3) is 0 Å². The van der Waals surface area contributed by atoms with Crippen LogP contribution in [0.1, 0.15) is 20.3 Å². The van der Waals surface area contributed by atoms with E-state index in [1.54, 1.807) is 0 Å². The lowest BCUT2D eigenvalue weighted by atomic mass is 9.85. The molecule has 0 aromatic rings. The fourth-order valence-electron chi connectivity index (χ4n) is 1.49. The number of hydrogen-bond donors (Lipinski definition) is 1. The summed E-state index contributed by atoms with van der Waals surface area (Å²) in [7, 11) is 1.28. The lowest BCUT2D eigenvalue weighted by molar-refractivity contribution is -0.188. The molecule has 0 radical (unpaired) electrons. The molecule has 1 N–H and O–H groups in total. The van der Waals surface area contributed by atoms with Gasteiger partial charge in [-0.25, -0.2) is 0 Å². The SMILES string of the molecule is COC(=O)C1(C(=O)NCCC(C)C)COC1. The maximum atomic E-state index is 11.8. The van der Waals surface area contributed by atoms with Crippen LogP contribution in [-0.4, -0.2) is 38.7 Å². The van der Waals surface area contributed by atoms with Gasteiger partial charge in [0.2, 0.25) is 5.91 Å². The summed E-state index contributed by atoms with van der Waals surface area (Å²) in [5, 5.41) is 2.75. The number of nitrogens with one attached hydrogen (secondary N) is 1. The first-order valence-corrected chi connectivity index (χ1v) is 5.47. The molecule has 1 fully saturated rings. The van der Waals surface area contributed by atoms with Crippen LogP contribution >= 0.6 is 0 Å². The lowest BCUT2D eigenvalue weighted by Gasteiger charge is -2.36. The highest BCUT2D eigenvalue weighted by Gasteiger charge is 2.53. The Bertz CT molecular complexity index is 271. The van der Waals surface area contributed by atoms with Crippen LogP contribution in [-0.2, 0) is 19.1 Å². The average Bonchev–Trinajstić information content (AvgIpc) is 2.15. The third kappa shape index (κ3) is 2.52. The Kier molecular flexibility index (Phi) is 4.29. The zero-order valence-electron chi connectivity index (χ0n) is 10.0. The normalized spacial score (nSPS) is 17.8. The molecule has 1 saturated heterocycles. The van der Waals surface area contributed by atoms with Gasteiger partial charge < -0.3 is 14.8 Å². The Morgan fingerprint density at radius 2 is 2.06 bits per heavy atom. The first kappa shape index (κ1) is 13.0. The monoisotopic (exact) mass is 229 g/mol. The zero-order chi connectivity index (χ0) is 12.2. The number of esters is 1. The second kappa shape index (κ2) is 5.30.